The van der Waals surface area contributed by atoms with Crippen LogP contribution >= 0.6 is 0 Å². The molecule has 2 saturated heterocycles. The largest absolute Gasteiger partial charge is 0.315 e. The van der Waals surface area contributed by atoms with Gasteiger partial charge in [-0.1, -0.05) is 0 Å². The predicted octanol–water partition coefficient (Wildman–Crippen LogP) is 0.418. The number of nitrogens with one attached hydrogen (secondary N) is 1. The van der Waals surface area contributed by atoms with E-state index in [2.05, 4.69) is 5.32 Å². The fraction of sp³-hybridized carbons (Fsp3) is 1.00. The van der Waals surface area contributed by atoms with Gasteiger partial charge in [-0.15, -0.1) is 0 Å². The highest BCUT2D eigenvalue weighted by molar-refractivity contribution is 7.93. The lowest BCUT2D eigenvalue weighted by Gasteiger charge is -2.28. The number of hydrogen-bond donors (Lipinski definition) is 1. The number of rotatable bonds is 1. The third-order valence-electron chi connectivity index (χ3n) is 3.45. The molecule has 2 atom stereocenters. The fourth-order valence-electron chi connectivity index (χ4n) is 2.60. The zero-order chi connectivity index (χ0) is 10.4. The Morgan fingerprint density at radius 2 is 2.14 bits per heavy atom. The van der Waals surface area contributed by atoms with Crippen molar-refractivity contribution < 1.29 is 17.2 Å². The SMILES string of the molecule is O=S1(=O)CC[C@@H](C(F)F)[C@@]12CCNC2. The van der Waals surface area contributed by atoms with Gasteiger partial charge in [-0.3, -0.25) is 0 Å². The smallest absolute Gasteiger partial charge is 0.243 e. The Morgan fingerprint density at radius 1 is 1.43 bits per heavy atom. The molecule has 2 aliphatic heterocycles. The lowest BCUT2D eigenvalue weighted by molar-refractivity contribution is 0.0598. The minimum Gasteiger partial charge on any atom is -0.315 e. The number of hydrogen-bond acceptors (Lipinski definition) is 3. The molecule has 3 nitrogen and oxygen atoms in total. The molecule has 0 bridgehead atoms. The molecular formula is C8H13F2NO2S. The van der Waals surface area contributed by atoms with Crippen LogP contribution in [0.3, 0.4) is 0 Å². The molecule has 2 rings (SSSR count). The van der Waals surface area contributed by atoms with Crippen LogP contribution in [0.2, 0.25) is 0 Å². The Labute approximate surface area is 81.8 Å². The van der Waals surface area contributed by atoms with Gasteiger partial charge in [-0.25, -0.2) is 17.2 Å². The molecule has 2 heterocycles. The quantitative estimate of drug-likeness (QED) is 0.703. The van der Waals surface area contributed by atoms with E-state index < -0.39 is 26.9 Å². The Kier molecular flexibility index (Phi) is 2.30. The number of alkyl halides is 2. The van der Waals surface area contributed by atoms with Crippen molar-refractivity contribution in [1.82, 2.24) is 5.32 Å². The molecule has 0 radical (unpaired) electrons. The Morgan fingerprint density at radius 3 is 2.64 bits per heavy atom. The minimum absolute atomic E-state index is 0.0797. The van der Waals surface area contributed by atoms with E-state index in [0.29, 0.717) is 13.0 Å². The van der Waals surface area contributed by atoms with E-state index >= 15 is 0 Å². The Bertz CT molecular complexity index is 322. The second kappa shape index (κ2) is 3.13. The van der Waals surface area contributed by atoms with Crippen molar-refractivity contribution in [3.63, 3.8) is 0 Å². The van der Waals surface area contributed by atoms with Gasteiger partial charge in [0.05, 0.1) is 10.5 Å². The van der Waals surface area contributed by atoms with E-state index in [0.717, 1.165) is 0 Å². The van der Waals surface area contributed by atoms with E-state index in [4.69, 9.17) is 0 Å². The molecule has 6 heteroatoms. The second-order valence-corrected chi connectivity index (χ2v) is 6.49. The molecule has 0 saturated carbocycles. The zero-order valence-corrected chi connectivity index (χ0v) is 8.49. The molecule has 0 unspecified atom stereocenters. The maximum Gasteiger partial charge on any atom is 0.243 e. The van der Waals surface area contributed by atoms with Gasteiger partial charge in [-0.05, 0) is 19.4 Å². The summed E-state index contributed by atoms with van der Waals surface area (Å²) in [4.78, 5) is 0. The van der Waals surface area contributed by atoms with Crippen LogP contribution in [-0.4, -0.2) is 38.4 Å². The molecule has 0 amide bonds. The molecule has 82 valence electrons. The second-order valence-electron chi connectivity index (χ2n) is 4.04. The first-order valence-corrected chi connectivity index (χ1v) is 6.36. The van der Waals surface area contributed by atoms with Crippen molar-refractivity contribution in [2.24, 2.45) is 5.92 Å². The van der Waals surface area contributed by atoms with Gasteiger partial charge in [0.25, 0.3) is 0 Å². The van der Waals surface area contributed by atoms with Crippen molar-refractivity contribution in [3.8, 4) is 0 Å². The van der Waals surface area contributed by atoms with Crippen LogP contribution in [0.5, 0.6) is 0 Å². The first kappa shape index (κ1) is 10.3. The molecule has 1 N–H and O–H groups in total. The molecule has 2 fully saturated rings. The van der Waals surface area contributed by atoms with Crippen LogP contribution in [0, 0.1) is 5.92 Å². The van der Waals surface area contributed by atoms with Crippen molar-refractivity contribution in [3.05, 3.63) is 0 Å². The summed E-state index contributed by atoms with van der Waals surface area (Å²) in [6.07, 6.45) is -2.07. The molecule has 0 aromatic rings. The van der Waals surface area contributed by atoms with Crippen molar-refractivity contribution >= 4 is 9.84 Å². The minimum atomic E-state index is -3.32. The van der Waals surface area contributed by atoms with Crippen LogP contribution in [0.25, 0.3) is 0 Å². The monoisotopic (exact) mass is 225 g/mol. The number of halogens is 2. The third-order valence-corrected chi connectivity index (χ3v) is 6.11. The standard InChI is InChI=1S/C8H13F2NO2S/c9-7(10)6-1-4-14(12,13)8(6)2-3-11-5-8/h6-7,11H,1-5H2/t6-,8-/m0/s1. The molecule has 1 spiro atoms. The topological polar surface area (TPSA) is 46.2 Å². The van der Waals surface area contributed by atoms with Crippen molar-refractivity contribution in [2.75, 3.05) is 18.8 Å². The average molecular weight is 225 g/mol. The molecule has 0 aromatic carbocycles. The van der Waals surface area contributed by atoms with E-state index in [1.165, 1.54) is 0 Å². The third kappa shape index (κ3) is 1.20. The van der Waals surface area contributed by atoms with E-state index in [1.807, 2.05) is 0 Å². The maximum absolute atomic E-state index is 12.7. The molecule has 14 heavy (non-hydrogen) atoms. The summed E-state index contributed by atoms with van der Waals surface area (Å²) in [7, 11) is -3.32. The van der Waals surface area contributed by atoms with Gasteiger partial charge in [0.2, 0.25) is 6.43 Å². The molecular weight excluding hydrogens is 212 g/mol. The van der Waals surface area contributed by atoms with Crippen LogP contribution in [0.15, 0.2) is 0 Å². The summed E-state index contributed by atoms with van der Waals surface area (Å²) in [5.41, 5.74) is 0. The van der Waals surface area contributed by atoms with Crippen LogP contribution in [0.1, 0.15) is 12.8 Å². The summed E-state index contributed by atoms with van der Waals surface area (Å²) in [6.45, 7) is 0.729. The highest BCUT2D eigenvalue weighted by Crippen LogP contribution is 2.44. The van der Waals surface area contributed by atoms with E-state index in [9.17, 15) is 17.2 Å². The maximum atomic E-state index is 12.7. The Balaban J connectivity index is 2.40. The Hall–Kier alpha value is -0.230. The highest BCUT2D eigenvalue weighted by Gasteiger charge is 2.58. The van der Waals surface area contributed by atoms with E-state index in [1.54, 1.807) is 0 Å². The number of sulfone groups is 1. The summed E-state index contributed by atoms with van der Waals surface area (Å²) < 4.78 is 47.7. The normalized spacial score (nSPS) is 41.2. The fourth-order valence-corrected chi connectivity index (χ4v) is 4.99. The first-order valence-electron chi connectivity index (χ1n) is 4.71. The predicted molar refractivity (Wildman–Crippen MR) is 48.1 cm³/mol. The molecule has 0 aliphatic carbocycles. The zero-order valence-electron chi connectivity index (χ0n) is 7.67. The van der Waals surface area contributed by atoms with Gasteiger partial charge >= 0.3 is 0 Å². The summed E-state index contributed by atoms with van der Waals surface area (Å²) in [6, 6.07) is 0. The van der Waals surface area contributed by atoms with Crippen LogP contribution in [-0.2, 0) is 9.84 Å². The van der Waals surface area contributed by atoms with Crippen LogP contribution in [0.4, 0.5) is 8.78 Å². The lowest BCUT2D eigenvalue weighted by atomic mass is 9.89. The highest BCUT2D eigenvalue weighted by atomic mass is 32.2. The van der Waals surface area contributed by atoms with E-state index in [-0.39, 0.29) is 18.7 Å². The summed E-state index contributed by atoms with van der Waals surface area (Å²) in [5, 5.41) is 2.88. The lowest BCUT2D eigenvalue weighted by Crippen LogP contribution is -2.45. The average Bonchev–Trinajstić information content (AvgIpc) is 2.61. The van der Waals surface area contributed by atoms with Crippen molar-refractivity contribution in [2.45, 2.75) is 24.0 Å². The van der Waals surface area contributed by atoms with Gasteiger partial charge in [0.1, 0.15) is 0 Å². The summed E-state index contributed by atoms with van der Waals surface area (Å²) >= 11 is 0. The first-order chi connectivity index (χ1) is 6.50. The van der Waals surface area contributed by atoms with Crippen LogP contribution < -0.4 is 5.32 Å². The van der Waals surface area contributed by atoms with Crippen molar-refractivity contribution in [1.29, 1.82) is 0 Å². The van der Waals surface area contributed by atoms with Gasteiger partial charge < -0.3 is 5.32 Å². The van der Waals surface area contributed by atoms with Gasteiger partial charge in [0, 0.05) is 12.5 Å². The molecule has 0 aromatic heterocycles. The summed E-state index contributed by atoms with van der Waals surface area (Å²) in [5.74, 6) is -1.05. The molecule has 2 aliphatic rings. The van der Waals surface area contributed by atoms with Gasteiger partial charge in [-0.2, -0.15) is 0 Å². The van der Waals surface area contributed by atoms with Gasteiger partial charge in [0.15, 0.2) is 9.84 Å².